The summed E-state index contributed by atoms with van der Waals surface area (Å²) in [7, 11) is 0. The number of carbonyl (C=O) groups excluding carboxylic acids is 1. The summed E-state index contributed by atoms with van der Waals surface area (Å²) in [4.78, 5) is 28.3. The molecule has 0 fully saturated rings. The summed E-state index contributed by atoms with van der Waals surface area (Å²) < 4.78 is 16.6. The van der Waals surface area contributed by atoms with Crippen LogP contribution in [0.15, 0.2) is 77.4 Å². The Morgan fingerprint density at radius 2 is 1.72 bits per heavy atom. The van der Waals surface area contributed by atoms with Gasteiger partial charge in [0.15, 0.2) is 0 Å². The number of para-hydroxylation sites is 1. The number of aryl methyl sites for hydroxylation is 1. The standard InChI is InChI=1S/C27H25N3O6/c1-16(26(31)32)21-11-7-8-12-22(21)35-23-14-13-20(15-28-23)24-17(2)30-36-25(24)29-27(33)34-18(3)19-9-5-4-6-10-19/h4-16,18H,1-3H3,(H,29,33)(H,31,32). The van der Waals surface area contributed by atoms with E-state index in [9.17, 15) is 14.7 Å². The van der Waals surface area contributed by atoms with E-state index >= 15 is 0 Å². The van der Waals surface area contributed by atoms with Gasteiger partial charge in [0.1, 0.15) is 11.9 Å². The van der Waals surface area contributed by atoms with Crippen LogP contribution < -0.4 is 10.1 Å². The number of nitrogens with zero attached hydrogens (tertiary/aromatic N) is 2. The summed E-state index contributed by atoms with van der Waals surface area (Å²) in [6, 6.07) is 19.7. The molecule has 2 aromatic heterocycles. The van der Waals surface area contributed by atoms with E-state index in [1.165, 1.54) is 0 Å². The third kappa shape index (κ3) is 5.52. The molecule has 2 unspecified atom stereocenters. The number of pyridine rings is 1. The Bertz CT molecular complexity index is 1350. The predicted molar refractivity (Wildman–Crippen MR) is 132 cm³/mol. The number of anilines is 1. The zero-order valence-electron chi connectivity index (χ0n) is 20.0. The first-order valence-corrected chi connectivity index (χ1v) is 11.3. The molecular formula is C27H25N3O6. The minimum atomic E-state index is -0.950. The number of ether oxygens (including phenoxy) is 2. The predicted octanol–water partition coefficient (Wildman–Crippen LogP) is 6.34. The van der Waals surface area contributed by atoms with E-state index in [-0.39, 0.29) is 11.8 Å². The zero-order valence-corrected chi connectivity index (χ0v) is 20.0. The van der Waals surface area contributed by atoms with Gasteiger partial charge >= 0.3 is 12.1 Å². The van der Waals surface area contributed by atoms with Crippen molar-refractivity contribution in [2.24, 2.45) is 0 Å². The van der Waals surface area contributed by atoms with Gasteiger partial charge < -0.3 is 19.1 Å². The molecule has 4 rings (SSSR count). The van der Waals surface area contributed by atoms with Gasteiger partial charge in [-0.3, -0.25) is 10.1 Å². The molecule has 36 heavy (non-hydrogen) atoms. The number of amides is 1. The van der Waals surface area contributed by atoms with Crippen LogP contribution in [0.1, 0.15) is 42.7 Å². The van der Waals surface area contributed by atoms with E-state index in [0.717, 1.165) is 5.56 Å². The molecule has 0 bridgehead atoms. The van der Waals surface area contributed by atoms with Gasteiger partial charge in [-0.2, -0.15) is 0 Å². The zero-order chi connectivity index (χ0) is 25.7. The van der Waals surface area contributed by atoms with E-state index in [4.69, 9.17) is 14.0 Å². The Hall–Kier alpha value is -4.66. The lowest BCUT2D eigenvalue weighted by atomic mass is 10.0. The van der Waals surface area contributed by atoms with E-state index in [2.05, 4.69) is 15.5 Å². The highest BCUT2D eigenvalue weighted by Crippen LogP contribution is 2.34. The van der Waals surface area contributed by atoms with Crippen LogP contribution >= 0.6 is 0 Å². The van der Waals surface area contributed by atoms with Crippen molar-refractivity contribution in [1.82, 2.24) is 10.1 Å². The molecule has 0 saturated carbocycles. The Labute approximate surface area is 207 Å². The first-order chi connectivity index (χ1) is 17.3. The largest absolute Gasteiger partial charge is 0.481 e. The molecule has 2 N–H and O–H groups in total. The van der Waals surface area contributed by atoms with Crippen LogP contribution in [0.2, 0.25) is 0 Å². The van der Waals surface area contributed by atoms with Gasteiger partial charge in [0.25, 0.3) is 0 Å². The van der Waals surface area contributed by atoms with Crippen LogP contribution in [0.4, 0.5) is 10.7 Å². The number of rotatable bonds is 8. The van der Waals surface area contributed by atoms with E-state index in [0.29, 0.717) is 28.1 Å². The molecule has 1 amide bonds. The normalized spacial score (nSPS) is 12.4. The quantitative estimate of drug-likeness (QED) is 0.295. The third-order valence-electron chi connectivity index (χ3n) is 5.63. The van der Waals surface area contributed by atoms with Crippen molar-refractivity contribution >= 4 is 17.9 Å². The van der Waals surface area contributed by atoms with Crippen LogP contribution in [0.3, 0.4) is 0 Å². The highest BCUT2D eigenvalue weighted by Gasteiger charge is 2.21. The maximum atomic E-state index is 12.5. The minimum Gasteiger partial charge on any atom is -0.481 e. The molecule has 4 aromatic rings. The van der Waals surface area contributed by atoms with Gasteiger partial charge in [-0.15, -0.1) is 0 Å². The Morgan fingerprint density at radius 1 is 1.00 bits per heavy atom. The molecule has 2 aromatic carbocycles. The van der Waals surface area contributed by atoms with Crippen LogP contribution in [-0.4, -0.2) is 27.3 Å². The van der Waals surface area contributed by atoms with Crippen LogP contribution in [0.25, 0.3) is 11.1 Å². The van der Waals surface area contributed by atoms with Gasteiger partial charge in [-0.1, -0.05) is 53.7 Å². The van der Waals surface area contributed by atoms with Gasteiger partial charge in [0, 0.05) is 23.4 Å². The second-order valence-corrected chi connectivity index (χ2v) is 8.14. The van der Waals surface area contributed by atoms with Crippen LogP contribution in [-0.2, 0) is 9.53 Å². The molecule has 2 atom stereocenters. The molecule has 184 valence electrons. The molecule has 0 aliphatic heterocycles. The SMILES string of the molecule is Cc1noc(NC(=O)OC(C)c2ccccc2)c1-c1ccc(Oc2ccccc2C(C)C(=O)O)nc1. The van der Waals surface area contributed by atoms with Gasteiger partial charge in [-0.05, 0) is 38.5 Å². The number of hydrogen-bond donors (Lipinski definition) is 2. The maximum Gasteiger partial charge on any atom is 0.414 e. The molecule has 9 heteroatoms. The fraction of sp³-hybridized carbons (Fsp3) is 0.185. The van der Waals surface area contributed by atoms with Crippen molar-refractivity contribution in [3.63, 3.8) is 0 Å². The van der Waals surface area contributed by atoms with Crippen LogP contribution in [0.5, 0.6) is 11.6 Å². The summed E-state index contributed by atoms with van der Waals surface area (Å²) >= 11 is 0. The fourth-order valence-corrected chi connectivity index (χ4v) is 3.64. The molecule has 9 nitrogen and oxygen atoms in total. The van der Waals surface area contributed by atoms with Crippen molar-refractivity contribution < 1.29 is 28.7 Å². The molecule has 0 radical (unpaired) electrons. The minimum absolute atomic E-state index is 0.133. The molecule has 0 saturated heterocycles. The number of benzene rings is 2. The fourth-order valence-electron chi connectivity index (χ4n) is 3.64. The number of carbonyl (C=O) groups is 2. The van der Waals surface area contributed by atoms with Gasteiger partial charge in [-0.25, -0.2) is 9.78 Å². The molecular weight excluding hydrogens is 462 g/mol. The number of aromatic nitrogens is 2. The molecule has 0 aliphatic carbocycles. The Morgan fingerprint density at radius 3 is 2.42 bits per heavy atom. The summed E-state index contributed by atoms with van der Waals surface area (Å²) in [5.41, 5.74) is 3.15. The first-order valence-electron chi connectivity index (χ1n) is 11.3. The monoisotopic (exact) mass is 487 g/mol. The van der Waals surface area contributed by atoms with Gasteiger partial charge in [0.2, 0.25) is 11.8 Å². The van der Waals surface area contributed by atoms with E-state index in [1.807, 2.05) is 30.3 Å². The number of carboxylic acids is 1. The molecule has 2 heterocycles. The topological polar surface area (TPSA) is 124 Å². The highest BCUT2D eigenvalue weighted by atomic mass is 16.6. The van der Waals surface area contributed by atoms with E-state index < -0.39 is 24.1 Å². The number of hydrogen-bond acceptors (Lipinski definition) is 7. The lowest BCUT2D eigenvalue weighted by molar-refractivity contribution is -0.138. The average Bonchev–Trinajstić information content (AvgIpc) is 3.24. The van der Waals surface area contributed by atoms with E-state index in [1.54, 1.807) is 63.4 Å². The molecule has 0 aliphatic rings. The van der Waals surface area contributed by atoms with Crippen molar-refractivity contribution in [3.05, 3.63) is 89.7 Å². The Balaban J connectivity index is 1.49. The van der Waals surface area contributed by atoms with Gasteiger partial charge in [0.05, 0.1) is 17.2 Å². The lowest BCUT2D eigenvalue weighted by Crippen LogP contribution is -2.16. The molecule has 0 spiro atoms. The maximum absolute atomic E-state index is 12.5. The van der Waals surface area contributed by atoms with Crippen LogP contribution in [0, 0.1) is 6.92 Å². The first kappa shape index (κ1) is 24.5. The summed E-state index contributed by atoms with van der Waals surface area (Å²) in [5, 5.41) is 15.9. The Kier molecular flexibility index (Phi) is 7.29. The highest BCUT2D eigenvalue weighted by molar-refractivity contribution is 5.89. The second-order valence-electron chi connectivity index (χ2n) is 8.14. The van der Waals surface area contributed by atoms with Crippen molar-refractivity contribution in [3.8, 4) is 22.8 Å². The third-order valence-corrected chi connectivity index (χ3v) is 5.63. The van der Waals surface area contributed by atoms with Crippen molar-refractivity contribution in [1.29, 1.82) is 0 Å². The number of nitrogens with one attached hydrogen (secondary N) is 1. The van der Waals surface area contributed by atoms with Crippen molar-refractivity contribution in [2.75, 3.05) is 5.32 Å². The number of carboxylic acid groups (broad SMARTS) is 1. The summed E-state index contributed by atoms with van der Waals surface area (Å²) in [6.45, 7) is 5.12. The average molecular weight is 488 g/mol. The van der Waals surface area contributed by atoms with Crippen molar-refractivity contribution in [2.45, 2.75) is 32.8 Å². The summed E-state index contributed by atoms with van der Waals surface area (Å²) in [5.74, 6) is -0.865. The lowest BCUT2D eigenvalue weighted by Gasteiger charge is -2.14. The number of aliphatic carboxylic acids is 1. The smallest absolute Gasteiger partial charge is 0.414 e. The summed E-state index contributed by atoms with van der Waals surface area (Å²) in [6.07, 6.45) is 0.422. The second kappa shape index (κ2) is 10.7.